The number of hydrogen-bond donors (Lipinski definition) is 2. The third kappa shape index (κ3) is 12.3. The lowest BCUT2D eigenvalue weighted by Crippen LogP contribution is -1.89. The van der Waals surface area contributed by atoms with Gasteiger partial charge in [0, 0.05) is 7.05 Å². The van der Waals surface area contributed by atoms with Crippen molar-refractivity contribution in [1.29, 1.82) is 0 Å². The molecular weight excluding hydrogens is 174 g/mol. The van der Waals surface area contributed by atoms with Crippen LogP contribution in [0, 0.1) is 0 Å². The second kappa shape index (κ2) is 4.01. The predicted octanol–water partition coefficient (Wildman–Crippen LogP) is -0.838. The number of aryl methyl sites for hydroxylation is 1. The summed E-state index contributed by atoms with van der Waals surface area (Å²) in [7, 11) is -2.84. The molecule has 2 N–H and O–H groups in total. The van der Waals surface area contributed by atoms with Crippen LogP contribution < -0.4 is 0 Å². The van der Waals surface area contributed by atoms with E-state index in [9.17, 15) is 0 Å². The van der Waals surface area contributed by atoms with E-state index < -0.39 is 10.4 Å². The van der Waals surface area contributed by atoms with Crippen molar-refractivity contribution in [2.24, 2.45) is 7.05 Å². The molecule has 11 heavy (non-hydrogen) atoms. The Hall–Kier alpha value is -0.990. The zero-order chi connectivity index (χ0) is 8.91. The largest absolute Gasteiger partial charge is 0.394 e. The SMILES string of the molecule is Cn1cncn1.O=S(=O)(O)O. The molecule has 0 unspecified atom stereocenters. The van der Waals surface area contributed by atoms with E-state index in [1.54, 1.807) is 11.0 Å². The Morgan fingerprint density at radius 3 is 2.00 bits per heavy atom. The minimum absolute atomic E-state index is 1.50. The second-order valence-corrected chi connectivity index (χ2v) is 2.41. The molecule has 1 aromatic heterocycles. The maximum atomic E-state index is 8.74. The van der Waals surface area contributed by atoms with Crippen LogP contribution >= 0.6 is 0 Å². The van der Waals surface area contributed by atoms with Gasteiger partial charge in [0.1, 0.15) is 12.7 Å². The number of hydrogen-bond acceptors (Lipinski definition) is 4. The molecule has 0 aromatic carbocycles. The van der Waals surface area contributed by atoms with E-state index in [1.807, 2.05) is 7.05 Å². The van der Waals surface area contributed by atoms with Gasteiger partial charge < -0.3 is 0 Å². The van der Waals surface area contributed by atoms with Crippen molar-refractivity contribution in [3.8, 4) is 0 Å². The molecule has 0 amide bonds. The molecule has 7 nitrogen and oxygen atoms in total. The number of rotatable bonds is 0. The minimum atomic E-state index is -4.67. The monoisotopic (exact) mass is 181 g/mol. The highest BCUT2D eigenvalue weighted by atomic mass is 32.3. The Kier molecular flexibility index (Phi) is 3.65. The molecule has 0 aliphatic rings. The van der Waals surface area contributed by atoms with Gasteiger partial charge >= 0.3 is 10.4 Å². The Morgan fingerprint density at radius 2 is 1.91 bits per heavy atom. The van der Waals surface area contributed by atoms with Gasteiger partial charge in [0.2, 0.25) is 0 Å². The fourth-order valence-corrected chi connectivity index (χ4v) is 0.267. The molecule has 1 heterocycles. The molecule has 0 fully saturated rings. The van der Waals surface area contributed by atoms with Crippen LogP contribution in [0.3, 0.4) is 0 Å². The molecule has 0 spiro atoms. The predicted molar refractivity (Wildman–Crippen MR) is 35.2 cm³/mol. The Bertz CT molecular complexity index is 270. The van der Waals surface area contributed by atoms with Gasteiger partial charge in [-0.1, -0.05) is 0 Å². The summed E-state index contributed by atoms with van der Waals surface area (Å²) in [5.74, 6) is 0. The van der Waals surface area contributed by atoms with Crippen molar-refractivity contribution in [3.63, 3.8) is 0 Å². The van der Waals surface area contributed by atoms with Crippen LogP contribution in [0.5, 0.6) is 0 Å². The van der Waals surface area contributed by atoms with Crippen molar-refractivity contribution in [1.82, 2.24) is 14.8 Å². The smallest absolute Gasteiger partial charge is 0.264 e. The van der Waals surface area contributed by atoms with Gasteiger partial charge in [0.15, 0.2) is 0 Å². The highest BCUT2D eigenvalue weighted by Crippen LogP contribution is 1.64. The van der Waals surface area contributed by atoms with Crippen LogP contribution in [0.4, 0.5) is 0 Å². The maximum absolute atomic E-state index is 8.74. The van der Waals surface area contributed by atoms with Gasteiger partial charge in [-0.25, -0.2) is 4.98 Å². The first kappa shape index (κ1) is 10.0. The minimum Gasteiger partial charge on any atom is -0.264 e. The zero-order valence-corrected chi connectivity index (χ0v) is 6.43. The van der Waals surface area contributed by atoms with Crippen LogP contribution in [-0.2, 0) is 17.4 Å². The van der Waals surface area contributed by atoms with Crippen LogP contribution in [0.2, 0.25) is 0 Å². The van der Waals surface area contributed by atoms with E-state index in [1.165, 1.54) is 6.33 Å². The Balaban J connectivity index is 0.000000187. The second-order valence-electron chi connectivity index (χ2n) is 1.52. The van der Waals surface area contributed by atoms with Gasteiger partial charge in [0.05, 0.1) is 0 Å². The Morgan fingerprint density at radius 1 is 1.45 bits per heavy atom. The summed E-state index contributed by atoms with van der Waals surface area (Å²) in [6.07, 6.45) is 3.14. The molecule has 1 rings (SSSR count). The molecule has 0 aliphatic heterocycles. The molecule has 0 bridgehead atoms. The Labute approximate surface area is 63.3 Å². The fourth-order valence-electron chi connectivity index (χ4n) is 0.267. The topological polar surface area (TPSA) is 105 Å². The average molecular weight is 181 g/mol. The van der Waals surface area contributed by atoms with Gasteiger partial charge in [-0.05, 0) is 0 Å². The van der Waals surface area contributed by atoms with E-state index in [0.717, 1.165) is 0 Å². The fraction of sp³-hybridized carbons (Fsp3) is 0.333. The molecular formula is C3H7N3O4S. The van der Waals surface area contributed by atoms with Gasteiger partial charge in [-0.2, -0.15) is 13.5 Å². The van der Waals surface area contributed by atoms with Crippen LogP contribution in [0.15, 0.2) is 12.7 Å². The lowest BCUT2D eigenvalue weighted by molar-refractivity contribution is 0.381. The quantitative estimate of drug-likeness (QED) is 0.505. The van der Waals surface area contributed by atoms with Crippen molar-refractivity contribution < 1.29 is 17.5 Å². The van der Waals surface area contributed by atoms with E-state index in [2.05, 4.69) is 10.1 Å². The van der Waals surface area contributed by atoms with Crippen molar-refractivity contribution in [2.45, 2.75) is 0 Å². The molecule has 0 atom stereocenters. The normalized spacial score (nSPS) is 10.1. The van der Waals surface area contributed by atoms with E-state index in [4.69, 9.17) is 17.5 Å². The average Bonchev–Trinajstić information content (AvgIpc) is 2.12. The van der Waals surface area contributed by atoms with Crippen molar-refractivity contribution >= 4 is 10.4 Å². The van der Waals surface area contributed by atoms with E-state index in [0.29, 0.717) is 0 Å². The molecule has 0 saturated carbocycles. The molecule has 0 aliphatic carbocycles. The lowest BCUT2D eigenvalue weighted by Gasteiger charge is -1.74. The zero-order valence-electron chi connectivity index (χ0n) is 5.62. The van der Waals surface area contributed by atoms with E-state index in [-0.39, 0.29) is 0 Å². The molecule has 64 valence electrons. The summed E-state index contributed by atoms with van der Waals surface area (Å²) >= 11 is 0. The summed E-state index contributed by atoms with van der Waals surface area (Å²) in [6.45, 7) is 0. The van der Waals surface area contributed by atoms with Gasteiger partial charge in [-0.15, -0.1) is 0 Å². The van der Waals surface area contributed by atoms with Crippen molar-refractivity contribution in [3.05, 3.63) is 12.7 Å². The molecule has 1 aromatic rings. The standard InChI is InChI=1S/C3H5N3.H2O4S/c1-6-3-4-2-5-6;1-5(2,3)4/h2-3H,1H3;(H2,1,2,3,4). The third-order valence-corrected chi connectivity index (χ3v) is 0.534. The number of aromatic nitrogens is 3. The molecule has 0 radical (unpaired) electrons. The summed E-state index contributed by atoms with van der Waals surface area (Å²) < 4.78 is 33.2. The lowest BCUT2D eigenvalue weighted by atomic mass is 11.2. The summed E-state index contributed by atoms with van der Waals surface area (Å²) in [5.41, 5.74) is 0. The van der Waals surface area contributed by atoms with Crippen LogP contribution in [0.1, 0.15) is 0 Å². The first-order valence-electron chi connectivity index (χ1n) is 2.38. The molecule has 8 heteroatoms. The summed E-state index contributed by atoms with van der Waals surface area (Å²) in [6, 6.07) is 0. The van der Waals surface area contributed by atoms with Crippen molar-refractivity contribution in [2.75, 3.05) is 0 Å². The summed E-state index contributed by atoms with van der Waals surface area (Å²) in [5, 5.41) is 3.72. The van der Waals surface area contributed by atoms with Gasteiger partial charge in [-0.3, -0.25) is 13.8 Å². The highest BCUT2D eigenvalue weighted by molar-refractivity contribution is 7.79. The van der Waals surface area contributed by atoms with Crippen LogP contribution in [0.25, 0.3) is 0 Å². The maximum Gasteiger partial charge on any atom is 0.394 e. The highest BCUT2D eigenvalue weighted by Gasteiger charge is 1.84. The third-order valence-electron chi connectivity index (χ3n) is 0.534. The first-order chi connectivity index (χ1) is 4.89. The molecule has 0 saturated heterocycles. The first-order valence-corrected chi connectivity index (χ1v) is 3.78. The van der Waals surface area contributed by atoms with Crippen LogP contribution in [-0.4, -0.2) is 32.3 Å². The van der Waals surface area contributed by atoms with Gasteiger partial charge in [0.25, 0.3) is 0 Å². The summed E-state index contributed by atoms with van der Waals surface area (Å²) in [4.78, 5) is 3.67. The van der Waals surface area contributed by atoms with E-state index >= 15 is 0 Å². The number of nitrogens with zero attached hydrogens (tertiary/aromatic N) is 3.